The number of nitrogens with zero attached hydrogens (tertiary/aromatic N) is 1. The Morgan fingerprint density at radius 2 is 2.09 bits per heavy atom. The summed E-state index contributed by atoms with van der Waals surface area (Å²) in [5, 5.41) is 12.4. The highest BCUT2D eigenvalue weighted by Gasteiger charge is 2.18. The molecular weight excluding hydrogens is 312 g/mol. The number of nitriles is 1. The lowest BCUT2D eigenvalue weighted by Crippen LogP contribution is -2.19. The van der Waals surface area contributed by atoms with Crippen molar-refractivity contribution in [3.8, 4) is 6.07 Å². The smallest absolute Gasteiger partial charge is 0.351 e. The van der Waals surface area contributed by atoms with E-state index in [1.807, 2.05) is 12.1 Å². The summed E-state index contributed by atoms with van der Waals surface area (Å²) in [5.41, 5.74) is 0.442. The van der Waals surface area contributed by atoms with Gasteiger partial charge in [-0.05, 0) is 6.92 Å². The molecule has 0 aliphatic heterocycles. The summed E-state index contributed by atoms with van der Waals surface area (Å²) < 4.78 is 4.86. The highest BCUT2D eigenvalue weighted by atomic mass is 32.2. The topological polar surface area (TPSA) is 79.2 Å². The summed E-state index contributed by atoms with van der Waals surface area (Å²) in [6, 6.07) is 10.7. The maximum absolute atomic E-state index is 12.1. The molecule has 0 unspecified atom stereocenters. The minimum absolute atomic E-state index is 0.0883. The predicted octanol–water partition coefficient (Wildman–Crippen LogP) is 2.68. The first-order valence-electron chi connectivity index (χ1n) is 7.01. The van der Waals surface area contributed by atoms with Gasteiger partial charge in [-0.2, -0.15) is 5.26 Å². The Kier molecular flexibility index (Phi) is 8.25. The van der Waals surface area contributed by atoms with Gasteiger partial charge in [-0.15, -0.1) is 6.58 Å². The Morgan fingerprint density at radius 3 is 2.65 bits per heavy atom. The Labute approximate surface area is 140 Å². The van der Waals surface area contributed by atoms with Gasteiger partial charge in [-0.25, -0.2) is 4.79 Å². The Hall–Kier alpha value is -2.52. The predicted molar refractivity (Wildman–Crippen MR) is 90.7 cm³/mol. The average Bonchev–Trinajstić information content (AvgIpc) is 2.58. The second kappa shape index (κ2) is 10.2. The number of nitrogens with one attached hydrogen (secondary N) is 1. The quantitative estimate of drug-likeness (QED) is 0.246. The standard InChI is InChI=1S/C17H18N2O3S/c1-3-10-19-16(14(11-18)17(21)22-4-2)23-12-15(20)13-8-6-5-7-9-13/h3,5-9,19H,1,4,10,12H2,2H3. The van der Waals surface area contributed by atoms with E-state index in [9.17, 15) is 14.9 Å². The third-order valence-electron chi connectivity index (χ3n) is 2.67. The van der Waals surface area contributed by atoms with Gasteiger partial charge in [0.1, 0.15) is 6.07 Å². The molecule has 0 aromatic heterocycles. The van der Waals surface area contributed by atoms with E-state index in [0.29, 0.717) is 17.1 Å². The van der Waals surface area contributed by atoms with E-state index >= 15 is 0 Å². The fourth-order valence-electron chi connectivity index (χ4n) is 1.61. The fraction of sp³-hybridized carbons (Fsp3) is 0.235. The van der Waals surface area contributed by atoms with E-state index in [-0.39, 0.29) is 23.7 Å². The second-order valence-corrected chi connectivity index (χ2v) is 5.27. The number of esters is 1. The fourth-order valence-corrected chi connectivity index (χ4v) is 2.51. The number of hydrogen-bond donors (Lipinski definition) is 1. The number of carbonyl (C=O) groups is 2. The van der Waals surface area contributed by atoms with Crippen molar-refractivity contribution in [3.63, 3.8) is 0 Å². The number of carbonyl (C=O) groups excluding carboxylic acids is 2. The molecule has 0 amide bonds. The molecule has 0 saturated heterocycles. The third kappa shape index (κ3) is 6.01. The molecular formula is C17H18N2O3S. The zero-order chi connectivity index (χ0) is 17.1. The third-order valence-corrected chi connectivity index (χ3v) is 3.71. The molecule has 0 aliphatic rings. The molecule has 0 radical (unpaired) electrons. The van der Waals surface area contributed by atoms with Crippen LogP contribution in [0.5, 0.6) is 0 Å². The van der Waals surface area contributed by atoms with Gasteiger partial charge in [-0.1, -0.05) is 48.2 Å². The van der Waals surface area contributed by atoms with Crippen molar-refractivity contribution in [2.45, 2.75) is 6.92 Å². The van der Waals surface area contributed by atoms with E-state index in [2.05, 4.69) is 11.9 Å². The van der Waals surface area contributed by atoms with Crippen molar-refractivity contribution in [2.24, 2.45) is 0 Å². The van der Waals surface area contributed by atoms with Gasteiger partial charge in [0.25, 0.3) is 0 Å². The average molecular weight is 330 g/mol. The van der Waals surface area contributed by atoms with E-state index in [1.165, 1.54) is 0 Å². The highest BCUT2D eigenvalue weighted by Crippen LogP contribution is 2.19. The van der Waals surface area contributed by atoms with Crippen LogP contribution in [-0.2, 0) is 9.53 Å². The van der Waals surface area contributed by atoms with Crippen LogP contribution in [0.3, 0.4) is 0 Å². The van der Waals surface area contributed by atoms with Gasteiger partial charge in [0.05, 0.1) is 17.4 Å². The van der Waals surface area contributed by atoms with Crippen molar-refractivity contribution >= 4 is 23.5 Å². The van der Waals surface area contributed by atoms with E-state index < -0.39 is 5.97 Å². The van der Waals surface area contributed by atoms with Crippen LogP contribution in [0.4, 0.5) is 0 Å². The molecule has 23 heavy (non-hydrogen) atoms. The van der Waals surface area contributed by atoms with Crippen LogP contribution in [0.25, 0.3) is 0 Å². The molecule has 1 rings (SSSR count). The van der Waals surface area contributed by atoms with Gasteiger partial charge in [0.15, 0.2) is 11.4 Å². The summed E-state index contributed by atoms with van der Waals surface area (Å²) in [4.78, 5) is 24.0. The lowest BCUT2D eigenvalue weighted by Gasteiger charge is -2.11. The molecule has 1 aromatic carbocycles. The number of ketones is 1. The maximum atomic E-state index is 12.1. The lowest BCUT2D eigenvalue weighted by atomic mass is 10.2. The van der Waals surface area contributed by atoms with Crippen LogP contribution in [0, 0.1) is 11.3 Å². The number of rotatable bonds is 9. The first-order valence-corrected chi connectivity index (χ1v) is 7.99. The molecule has 1 aromatic rings. The van der Waals surface area contributed by atoms with E-state index in [1.54, 1.807) is 37.3 Å². The number of thioether (sulfide) groups is 1. The van der Waals surface area contributed by atoms with Crippen LogP contribution in [0.15, 0.2) is 53.6 Å². The Morgan fingerprint density at radius 1 is 1.39 bits per heavy atom. The molecule has 5 nitrogen and oxygen atoms in total. The first kappa shape index (κ1) is 18.5. The molecule has 0 heterocycles. The van der Waals surface area contributed by atoms with Crippen molar-refractivity contribution < 1.29 is 14.3 Å². The summed E-state index contributed by atoms with van der Waals surface area (Å²) in [6.45, 7) is 5.78. The zero-order valence-corrected chi connectivity index (χ0v) is 13.7. The molecule has 0 bridgehead atoms. The molecule has 0 aliphatic carbocycles. The van der Waals surface area contributed by atoms with Gasteiger partial charge >= 0.3 is 5.97 Å². The second-order valence-electron chi connectivity index (χ2n) is 4.28. The summed E-state index contributed by atoms with van der Waals surface area (Å²) >= 11 is 1.10. The molecule has 120 valence electrons. The van der Waals surface area contributed by atoms with Crippen LogP contribution >= 0.6 is 11.8 Å². The van der Waals surface area contributed by atoms with Gasteiger partial charge in [-0.3, -0.25) is 4.79 Å². The van der Waals surface area contributed by atoms with Gasteiger partial charge in [0, 0.05) is 12.1 Å². The maximum Gasteiger partial charge on any atom is 0.351 e. The van der Waals surface area contributed by atoms with Crippen molar-refractivity contribution in [2.75, 3.05) is 18.9 Å². The van der Waals surface area contributed by atoms with Crippen LogP contribution in [0.2, 0.25) is 0 Å². The number of ether oxygens (including phenoxy) is 1. The van der Waals surface area contributed by atoms with Gasteiger partial charge < -0.3 is 10.1 Å². The van der Waals surface area contributed by atoms with Crippen molar-refractivity contribution in [1.82, 2.24) is 5.32 Å². The van der Waals surface area contributed by atoms with Gasteiger partial charge in [0.2, 0.25) is 0 Å². The highest BCUT2D eigenvalue weighted by molar-refractivity contribution is 8.03. The van der Waals surface area contributed by atoms with Crippen LogP contribution < -0.4 is 5.32 Å². The number of hydrogen-bond acceptors (Lipinski definition) is 6. The number of Topliss-reactive ketones (excluding diaryl/α,β-unsaturated/α-hetero) is 1. The molecule has 1 N–H and O–H groups in total. The SMILES string of the molecule is C=CCNC(SCC(=O)c1ccccc1)=C(C#N)C(=O)OCC. The van der Waals surface area contributed by atoms with Crippen molar-refractivity contribution in [1.29, 1.82) is 5.26 Å². The van der Waals surface area contributed by atoms with Crippen molar-refractivity contribution in [3.05, 3.63) is 59.2 Å². The largest absolute Gasteiger partial charge is 0.462 e. The summed E-state index contributed by atoms with van der Waals surface area (Å²) in [7, 11) is 0. The first-order chi connectivity index (χ1) is 11.1. The Bertz CT molecular complexity index is 633. The van der Waals surface area contributed by atoms with Crippen LogP contribution in [-0.4, -0.2) is 30.7 Å². The summed E-state index contributed by atoms with van der Waals surface area (Å²) in [5.74, 6) is -0.690. The molecule has 6 heteroatoms. The normalized spacial score (nSPS) is 11.0. The minimum atomic E-state index is -0.707. The van der Waals surface area contributed by atoms with Crippen LogP contribution in [0.1, 0.15) is 17.3 Å². The molecule has 0 spiro atoms. The molecule has 0 fully saturated rings. The number of benzene rings is 1. The Balaban J connectivity index is 2.89. The minimum Gasteiger partial charge on any atom is -0.462 e. The van der Waals surface area contributed by atoms with E-state index in [0.717, 1.165) is 11.8 Å². The summed E-state index contributed by atoms with van der Waals surface area (Å²) in [6.07, 6.45) is 1.60. The molecule has 0 saturated carbocycles. The lowest BCUT2D eigenvalue weighted by molar-refractivity contribution is -0.138. The zero-order valence-electron chi connectivity index (χ0n) is 12.9. The van der Waals surface area contributed by atoms with E-state index in [4.69, 9.17) is 4.74 Å². The monoisotopic (exact) mass is 330 g/mol. The molecule has 0 atom stereocenters.